The first kappa shape index (κ1) is 20.2. The summed E-state index contributed by atoms with van der Waals surface area (Å²) in [6.45, 7) is 5.99. The van der Waals surface area contributed by atoms with E-state index >= 15 is 0 Å². The molecule has 1 aliphatic rings. The molecule has 1 saturated heterocycles. The maximum Gasteiger partial charge on any atom is 0.254 e. The Labute approximate surface area is 176 Å². The molecule has 4 rings (SSSR count). The number of amides is 1. The second kappa shape index (κ2) is 9.58. The lowest BCUT2D eigenvalue weighted by Crippen LogP contribution is -2.48. The number of pyridine rings is 1. The summed E-state index contributed by atoms with van der Waals surface area (Å²) in [5.41, 5.74) is 2.52. The Morgan fingerprint density at radius 1 is 1.13 bits per heavy atom. The molecule has 0 atom stereocenters. The number of rotatable bonds is 7. The molecule has 1 amide bonds. The number of hydrogen-bond donors (Lipinski definition) is 0. The van der Waals surface area contributed by atoms with Gasteiger partial charge in [0.15, 0.2) is 0 Å². The molecule has 8 heteroatoms. The molecule has 8 nitrogen and oxygen atoms in total. The van der Waals surface area contributed by atoms with Crippen LogP contribution in [0.25, 0.3) is 5.69 Å². The van der Waals surface area contributed by atoms with Gasteiger partial charge in [0.05, 0.1) is 5.69 Å². The van der Waals surface area contributed by atoms with E-state index in [-0.39, 0.29) is 11.9 Å². The first-order valence-electron chi connectivity index (χ1n) is 10.5. The number of piperidine rings is 1. The molecule has 1 aliphatic heterocycles. The Morgan fingerprint density at radius 3 is 2.57 bits per heavy atom. The summed E-state index contributed by atoms with van der Waals surface area (Å²) >= 11 is 0. The summed E-state index contributed by atoms with van der Waals surface area (Å²) in [6.07, 6.45) is 6.11. The fourth-order valence-corrected chi connectivity index (χ4v) is 3.98. The molecule has 2 aromatic heterocycles. The Kier molecular flexibility index (Phi) is 6.44. The topological polar surface area (TPSA) is 80.0 Å². The number of tetrazole rings is 1. The van der Waals surface area contributed by atoms with Crippen molar-refractivity contribution < 1.29 is 4.79 Å². The van der Waals surface area contributed by atoms with E-state index in [1.807, 2.05) is 47.4 Å². The predicted octanol–water partition coefficient (Wildman–Crippen LogP) is 2.23. The van der Waals surface area contributed by atoms with Crippen LogP contribution in [-0.2, 0) is 6.42 Å². The zero-order chi connectivity index (χ0) is 20.8. The minimum Gasteiger partial charge on any atom is -0.335 e. The quantitative estimate of drug-likeness (QED) is 0.600. The zero-order valence-corrected chi connectivity index (χ0v) is 17.3. The summed E-state index contributed by atoms with van der Waals surface area (Å²) in [5.74, 6) is 0.0733. The highest BCUT2D eigenvalue weighted by molar-refractivity contribution is 5.94. The number of carbonyl (C=O) groups is 1. The molecule has 0 radical (unpaired) electrons. The Balaban J connectivity index is 1.50. The van der Waals surface area contributed by atoms with Gasteiger partial charge in [-0.1, -0.05) is 13.0 Å². The highest BCUT2D eigenvalue weighted by Gasteiger charge is 2.28. The normalized spacial score (nSPS) is 15.2. The largest absolute Gasteiger partial charge is 0.335 e. The van der Waals surface area contributed by atoms with Crippen LogP contribution < -0.4 is 0 Å². The predicted molar refractivity (Wildman–Crippen MR) is 113 cm³/mol. The second-order valence-electron chi connectivity index (χ2n) is 7.54. The summed E-state index contributed by atoms with van der Waals surface area (Å²) in [4.78, 5) is 22.4. The first-order chi connectivity index (χ1) is 14.7. The minimum absolute atomic E-state index is 0.0733. The number of carbonyl (C=O) groups excluding carboxylic acids is 1. The van der Waals surface area contributed by atoms with Gasteiger partial charge >= 0.3 is 0 Å². The molecule has 1 aromatic carbocycles. The number of likely N-dealkylation sites (tertiary alicyclic amines) is 1. The smallest absolute Gasteiger partial charge is 0.254 e. The van der Waals surface area contributed by atoms with E-state index in [9.17, 15) is 4.79 Å². The van der Waals surface area contributed by atoms with Gasteiger partial charge < -0.3 is 9.80 Å². The van der Waals surface area contributed by atoms with Crippen LogP contribution in [-0.4, -0.2) is 73.1 Å². The van der Waals surface area contributed by atoms with Crippen molar-refractivity contribution in [3.63, 3.8) is 0 Å². The third-order valence-electron chi connectivity index (χ3n) is 5.77. The highest BCUT2D eigenvalue weighted by Crippen LogP contribution is 2.20. The lowest BCUT2D eigenvalue weighted by Gasteiger charge is -2.38. The van der Waals surface area contributed by atoms with E-state index in [0.717, 1.165) is 50.3 Å². The number of hydrogen-bond acceptors (Lipinski definition) is 6. The molecule has 1 fully saturated rings. The van der Waals surface area contributed by atoms with E-state index < -0.39 is 0 Å². The van der Waals surface area contributed by atoms with Gasteiger partial charge in [-0.15, -0.1) is 5.10 Å². The van der Waals surface area contributed by atoms with Gasteiger partial charge in [0.2, 0.25) is 0 Å². The van der Waals surface area contributed by atoms with Crippen LogP contribution in [0.1, 0.15) is 35.8 Å². The molecule has 0 aliphatic carbocycles. The monoisotopic (exact) mass is 405 g/mol. The zero-order valence-electron chi connectivity index (χ0n) is 17.3. The summed E-state index contributed by atoms with van der Waals surface area (Å²) in [7, 11) is 0. The molecular weight excluding hydrogens is 378 g/mol. The highest BCUT2D eigenvalue weighted by atomic mass is 16.2. The minimum atomic E-state index is 0.0733. The van der Waals surface area contributed by atoms with Crippen molar-refractivity contribution in [2.24, 2.45) is 0 Å². The van der Waals surface area contributed by atoms with Crippen molar-refractivity contribution in [2.75, 3.05) is 26.2 Å². The van der Waals surface area contributed by atoms with E-state index in [1.54, 1.807) is 10.9 Å². The van der Waals surface area contributed by atoms with Gasteiger partial charge in [0.1, 0.15) is 6.33 Å². The van der Waals surface area contributed by atoms with Crippen LogP contribution in [0.5, 0.6) is 0 Å². The molecule has 3 heterocycles. The molecule has 0 unspecified atom stereocenters. The van der Waals surface area contributed by atoms with Gasteiger partial charge in [0.25, 0.3) is 5.91 Å². The van der Waals surface area contributed by atoms with Crippen molar-refractivity contribution in [3.05, 3.63) is 66.2 Å². The first-order valence-corrected chi connectivity index (χ1v) is 10.5. The molecule has 0 saturated carbocycles. The fourth-order valence-electron chi connectivity index (χ4n) is 3.98. The number of benzene rings is 1. The molecule has 0 spiro atoms. The number of aromatic nitrogens is 5. The number of nitrogens with zero attached hydrogens (tertiary/aromatic N) is 7. The van der Waals surface area contributed by atoms with Crippen LogP contribution in [0.2, 0.25) is 0 Å². The molecule has 3 aromatic rings. The maximum absolute atomic E-state index is 13.5. The van der Waals surface area contributed by atoms with Crippen LogP contribution in [0.3, 0.4) is 0 Å². The average molecular weight is 406 g/mol. The Hall–Kier alpha value is -3.13. The van der Waals surface area contributed by atoms with Crippen molar-refractivity contribution >= 4 is 5.91 Å². The van der Waals surface area contributed by atoms with Crippen LogP contribution in [0, 0.1) is 0 Å². The van der Waals surface area contributed by atoms with Crippen LogP contribution in [0.15, 0.2) is 55.0 Å². The van der Waals surface area contributed by atoms with Gasteiger partial charge in [-0.25, -0.2) is 4.68 Å². The van der Waals surface area contributed by atoms with E-state index in [1.165, 1.54) is 6.33 Å². The van der Waals surface area contributed by atoms with Gasteiger partial charge in [0, 0.05) is 49.6 Å². The lowest BCUT2D eigenvalue weighted by atomic mass is 10.0. The average Bonchev–Trinajstić information content (AvgIpc) is 3.35. The van der Waals surface area contributed by atoms with Gasteiger partial charge in [-0.05, 0) is 66.2 Å². The van der Waals surface area contributed by atoms with E-state index in [2.05, 4.69) is 32.3 Å². The molecule has 0 bridgehead atoms. The van der Waals surface area contributed by atoms with Crippen molar-refractivity contribution in [2.45, 2.75) is 32.2 Å². The maximum atomic E-state index is 13.5. The van der Waals surface area contributed by atoms with Crippen LogP contribution in [0.4, 0.5) is 0 Å². The lowest BCUT2D eigenvalue weighted by molar-refractivity contribution is 0.0579. The molecule has 156 valence electrons. The third kappa shape index (κ3) is 4.71. The van der Waals surface area contributed by atoms with Crippen molar-refractivity contribution in [1.29, 1.82) is 0 Å². The standard InChI is InChI=1S/C22H27N7O/c1-2-27-14-11-20(12-15-27)28(16-10-19-5-3-4-13-23-19)22(30)18-6-8-21(9-7-18)29-17-24-25-26-29/h3-9,13,17,20H,2,10-12,14-16H2,1H3. The SMILES string of the molecule is CCN1CCC(N(CCc2ccccn2)C(=O)c2ccc(-n3cnnn3)cc2)CC1. The molecule has 0 N–H and O–H groups in total. The Bertz CT molecular complexity index is 920. The van der Waals surface area contributed by atoms with Gasteiger partial charge in [-0.3, -0.25) is 9.78 Å². The van der Waals surface area contributed by atoms with E-state index in [0.29, 0.717) is 12.1 Å². The summed E-state index contributed by atoms with van der Waals surface area (Å²) in [6, 6.07) is 13.6. The van der Waals surface area contributed by atoms with Crippen LogP contribution >= 0.6 is 0 Å². The second-order valence-corrected chi connectivity index (χ2v) is 7.54. The van der Waals surface area contributed by atoms with Crippen molar-refractivity contribution in [1.82, 2.24) is 35.0 Å². The van der Waals surface area contributed by atoms with E-state index in [4.69, 9.17) is 0 Å². The summed E-state index contributed by atoms with van der Waals surface area (Å²) in [5, 5.41) is 11.2. The van der Waals surface area contributed by atoms with Crippen molar-refractivity contribution in [3.8, 4) is 5.69 Å². The Morgan fingerprint density at radius 2 is 1.93 bits per heavy atom. The van der Waals surface area contributed by atoms with Gasteiger partial charge in [-0.2, -0.15) is 0 Å². The fraction of sp³-hybridized carbons (Fsp3) is 0.409. The molecule has 30 heavy (non-hydrogen) atoms. The molecular formula is C22H27N7O. The third-order valence-corrected chi connectivity index (χ3v) is 5.77. The summed E-state index contributed by atoms with van der Waals surface area (Å²) < 4.78 is 1.58.